The van der Waals surface area contributed by atoms with Crippen LogP contribution in [0.5, 0.6) is 0 Å². The van der Waals surface area contributed by atoms with Gasteiger partial charge in [-0.25, -0.2) is 0 Å². The molecule has 4 heteroatoms. The highest BCUT2D eigenvalue weighted by molar-refractivity contribution is 7.99. The van der Waals surface area contributed by atoms with Crippen LogP contribution in [0, 0.1) is 0 Å². The summed E-state index contributed by atoms with van der Waals surface area (Å²) in [7, 11) is 1.87. The lowest BCUT2D eigenvalue weighted by Crippen LogP contribution is -2.39. The van der Waals surface area contributed by atoms with Crippen LogP contribution in [-0.2, 0) is 4.79 Å². The summed E-state index contributed by atoms with van der Waals surface area (Å²) in [5.41, 5.74) is 0. The first-order valence-electron chi connectivity index (χ1n) is 5.24. The Morgan fingerprint density at radius 1 is 1.50 bits per heavy atom. The van der Waals surface area contributed by atoms with Gasteiger partial charge < -0.3 is 10.6 Å². The lowest BCUT2D eigenvalue weighted by atomic mass is 10.2. The molecule has 0 aromatic heterocycles. The van der Waals surface area contributed by atoms with Gasteiger partial charge >= 0.3 is 0 Å². The Kier molecular flexibility index (Phi) is 5.33. The highest BCUT2D eigenvalue weighted by Gasteiger charge is 2.27. The molecule has 0 aliphatic heterocycles. The second-order valence-electron chi connectivity index (χ2n) is 3.73. The lowest BCUT2D eigenvalue weighted by Gasteiger charge is -2.18. The first-order valence-corrected chi connectivity index (χ1v) is 6.53. The van der Waals surface area contributed by atoms with E-state index < -0.39 is 0 Å². The Balaban J connectivity index is 2.25. The van der Waals surface area contributed by atoms with Crippen LogP contribution >= 0.6 is 11.8 Å². The van der Waals surface area contributed by atoms with Gasteiger partial charge in [-0.3, -0.25) is 4.79 Å². The van der Waals surface area contributed by atoms with Gasteiger partial charge in [-0.2, -0.15) is 11.8 Å². The summed E-state index contributed by atoms with van der Waals surface area (Å²) < 4.78 is 0. The largest absolute Gasteiger partial charge is 0.352 e. The maximum absolute atomic E-state index is 11.5. The zero-order chi connectivity index (χ0) is 10.4. The summed E-state index contributed by atoms with van der Waals surface area (Å²) >= 11 is 1.88. The number of carbonyl (C=O) groups excluding carboxylic acids is 1. The number of carbonyl (C=O) groups is 1. The third-order valence-electron chi connectivity index (χ3n) is 2.70. The molecule has 0 aromatic carbocycles. The van der Waals surface area contributed by atoms with E-state index in [-0.39, 0.29) is 5.91 Å². The second kappa shape index (κ2) is 6.30. The third kappa shape index (κ3) is 3.50. The Bertz CT molecular complexity index is 187. The summed E-state index contributed by atoms with van der Waals surface area (Å²) in [6.07, 6.45) is 6.37. The van der Waals surface area contributed by atoms with Crippen LogP contribution in [0.4, 0.5) is 0 Å². The topological polar surface area (TPSA) is 41.1 Å². The molecule has 0 saturated heterocycles. The van der Waals surface area contributed by atoms with Gasteiger partial charge in [0.2, 0.25) is 5.91 Å². The van der Waals surface area contributed by atoms with E-state index in [2.05, 4.69) is 16.9 Å². The van der Waals surface area contributed by atoms with Crippen molar-refractivity contribution >= 4 is 17.7 Å². The van der Waals surface area contributed by atoms with Crippen molar-refractivity contribution in [3.63, 3.8) is 0 Å². The van der Waals surface area contributed by atoms with Crippen LogP contribution in [0.2, 0.25) is 0 Å². The monoisotopic (exact) mass is 216 g/mol. The summed E-state index contributed by atoms with van der Waals surface area (Å²) in [6.45, 7) is 0.766. The highest BCUT2D eigenvalue weighted by Crippen LogP contribution is 2.28. The van der Waals surface area contributed by atoms with Crippen LogP contribution in [0.3, 0.4) is 0 Å². The third-order valence-corrected chi connectivity index (χ3v) is 3.87. The number of thioether (sulfide) groups is 1. The number of amides is 1. The summed E-state index contributed by atoms with van der Waals surface area (Å²) in [6, 6.07) is 0.411. The van der Waals surface area contributed by atoms with E-state index in [1.54, 1.807) is 0 Å². The average Bonchev–Trinajstić information content (AvgIpc) is 2.62. The van der Waals surface area contributed by atoms with Crippen molar-refractivity contribution in [1.29, 1.82) is 0 Å². The Morgan fingerprint density at radius 3 is 2.93 bits per heavy atom. The molecule has 0 heterocycles. The van der Waals surface area contributed by atoms with Crippen LogP contribution < -0.4 is 10.6 Å². The van der Waals surface area contributed by atoms with Crippen molar-refractivity contribution in [3.8, 4) is 0 Å². The molecular weight excluding hydrogens is 196 g/mol. The number of hydrogen-bond donors (Lipinski definition) is 2. The molecule has 1 fully saturated rings. The number of nitrogens with one attached hydrogen (secondary N) is 2. The fourth-order valence-corrected chi connectivity index (χ4v) is 2.83. The minimum Gasteiger partial charge on any atom is -0.352 e. The van der Waals surface area contributed by atoms with Gasteiger partial charge in [0.15, 0.2) is 0 Å². The molecule has 3 nitrogen and oxygen atoms in total. The van der Waals surface area contributed by atoms with E-state index >= 15 is 0 Å². The van der Waals surface area contributed by atoms with Crippen LogP contribution in [0.25, 0.3) is 0 Å². The lowest BCUT2D eigenvalue weighted by molar-refractivity contribution is -0.121. The summed E-state index contributed by atoms with van der Waals surface area (Å²) in [4.78, 5) is 11.5. The Morgan fingerprint density at radius 2 is 2.29 bits per heavy atom. The molecule has 82 valence electrons. The van der Waals surface area contributed by atoms with E-state index in [0.29, 0.717) is 17.7 Å². The van der Waals surface area contributed by atoms with Gasteiger partial charge in [0.1, 0.15) is 0 Å². The number of rotatable bonds is 5. The maximum Gasteiger partial charge on any atom is 0.221 e. The van der Waals surface area contributed by atoms with Gasteiger partial charge in [-0.05, 0) is 26.1 Å². The van der Waals surface area contributed by atoms with Crippen molar-refractivity contribution in [1.82, 2.24) is 10.6 Å². The van der Waals surface area contributed by atoms with Crippen molar-refractivity contribution in [2.45, 2.75) is 37.0 Å². The maximum atomic E-state index is 11.5. The normalized spacial score (nSPS) is 26.4. The van der Waals surface area contributed by atoms with E-state index in [9.17, 15) is 4.79 Å². The zero-order valence-corrected chi connectivity index (χ0v) is 9.82. The van der Waals surface area contributed by atoms with Crippen LogP contribution in [-0.4, -0.2) is 37.0 Å². The molecule has 2 unspecified atom stereocenters. The molecule has 1 aliphatic carbocycles. The fraction of sp³-hybridized carbons (Fsp3) is 0.900. The molecule has 2 atom stereocenters. The van der Waals surface area contributed by atoms with Gasteiger partial charge in [0.05, 0.1) is 0 Å². The highest BCUT2D eigenvalue weighted by atomic mass is 32.2. The summed E-state index contributed by atoms with van der Waals surface area (Å²) in [5, 5.41) is 6.73. The first kappa shape index (κ1) is 11.9. The summed E-state index contributed by atoms with van der Waals surface area (Å²) in [5.74, 6) is 0.185. The molecule has 1 saturated carbocycles. The molecule has 1 amide bonds. The molecule has 14 heavy (non-hydrogen) atoms. The first-order chi connectivity index (χ1) is 6.77. The minimum absolute atomic E-state index is 0.185. The van der Waals surface area contributed by atoms with Crippen molar-refractivity contribution < 1.29 is 4.79 Å². The van der Waals surface area contributed by atoms with E-state index in [0.717, 1.165) is 13.0 Å². The van der Waals surface area contributed by atoms with Crippen molar-refractivity contribution in [2.75, 3.05) is 19.8 Å². The zero-order valence-electron chi connectivity index (χ0n) is 9.01. The molecule has 0 aromatic rings. The molecule has 1 rings (SSSR count). The fourth-order valence-electron chi connectivity index (χ4n) is 1.89. The van der Waals surface area contributed by atoms with Gasteiger partial charge in [-0.1, -0.05) is 6.42 Å². The van der Waals surface area contributed by atoms with Crippen molar-refractivity contribution in [3.05, 3.63) is 0 Å². The van der Waals surface area contributed by atoms with Gasteiger partial charge in [0, 0.05) is 24.3 Å². The van der Waals surface area contributed by atoms with Gasteiger partial charge in [-0.15, -0.1) is 0 Å². The van der Waals surface area contributed by atoms with E-state index in [4.69, 9.17) is 0 Å². The van der Waals surface area contributed by atoms with Crippen LogP contribution in [0.15, 0.2) is 0 Å². The molecule has 2 N–H and O–H groups in total. The molecular formula is C10H20N2OS. The van der Waals surface area contributed by atoms with Crippen molar-refractivity contribution in [2.24, 2.45) is 0 Å². The minimum atomic E-state index is 0.185. The molecule has 0 spiro atoms. The predicted octanol–water partition coefficient (Wildman–Crippen LogP) is 0.996. The Labute approximate surface area is 90.4 Å². The predicted molar refractivity (Wildman–Crippen MR) is 61.6 cm³/mol. The van der Waals surface area contributed by atoms with Crippen LogP contribution in [0.1, 0.15) is 25.7 Å². The SMILES string of the molecule is CNCCC(=O)NC1CCCC1SC. The second-order valence-corrected chi connectivity index (χ2v) is 4.81. The smallest absolute Gasteiger partial charge is 0.221 e. The molecule has 0 bridgehead atoms. The molecule has 0 radical (unpaired) electrons. The Hall–Kier alpha value is -0.220. The average molecular weight is 216 g/mol. The standard InChI is InChI=1S/C10H20N2OS/c1-11-7-6-10(13)12-8-4-3-5-9(8)14-2/h8-9,11H,3-7H2,1-2H3,(H,12,13). The quantitative estimate of drug-likeness (QED) is 0.720. The van der Waals surface area contributed by atoms with E-state index in [1.807, 2.05) is 18.8 Å². The van der Waals surface area contributed by atoms with Gasteiger partial charge in [0.25, 0.3) is 0 Å². The van der Waals surface area contributed by atoms with E-state index in [1.165, 1.54) is 12.8 Å². The number of hydrogen-bond acceptors (Lipinski definition) is 3. The molecule has 1 aliphatic rings.